The van der Waals surface area contributed by atoms with Crippen molar-refractivity contribution < 1.29 is 9.47 Å². The number of ether oxygens (including phenoxy) is 2. The molecule has 0 spiro atoms. The van der Waals surface area contributed by atoms with E-state index in [9.17, 15) is 0 Å². The molecule has 1 fully saturated rings. The topological polar surface area (TPSA) is 95.7 Å². The third-order valence-electron chi connectivity index (χ3n) is 8.14. The Balaban J connectivity index is 1.24. The molecule has 9 nitrogen and oxygen atoms in total. The molecule has 214 valence electrons. The smallest absolute Gasteiger partial charge is 0.116 e. The van der Waals surface area contributed by atoms with Crippen LogP contribution in [-0.4, -0.2) is 60.9 Å². The number of para-hydroxylation sites is 1. The van der Waals surface area contributed by atoms with Crippen LogP contribution in [0.2, 0.25) is 0 Å². The van der Waals surface area contributed by atoms with E-state index in [1.54, 1.807) is 0 Å². The molecule has 0 radical (unpaired) electrons. The molecule has 4 heterocycles. The number of H-pyrrole nitrogens is 1. The fourth-order valence-corrected chi connectivity index (χ4v) is 5.94. The first-order valence-corrected chi connectivity index (χ1v) is 14.9. The van der Waals surface area contributed by atoms with Gasteiger partial charge in [-0.1, -0.05) is 49.4 Å². The van der Waals surface area contributed by atoms with Crippen LogP contribution in [0.1, 0.15) is 49.6 Å². The predicted octanol–water partition coefficient (Wildman–Crippen LogP) is 5.42. The highest BCUT2D eigenvalue weighted by Gasteiger charge is 2.21. The van der Waals surface area contributed by atoms with Crippen LogP contribution in [-0.2, 0) is 48.2 Å². The van der Waals surface area contributed by atoms with Crippen LogP contribution >= 0.6 is 0 Å². The van der Waals surface area contributed by atoms with Crippen molar-refractivity contribution in [3.8, 4) is 22.5 Å². The number of nitrogens with one attached hydrogen (secondary N) is 1. The standard InChI is InChI=1S/C32H39N7O2/c1-4-22-17-25(32-30(6-3)39(37-35-32)14-12-26-21-40-15-16-41-26)18-23(5-2)31(22)29-20-38(36-34-29)13-11-24-19-33-28-10-8-7-9-27(24)28/h7-10,17-20,26,33H,4-6,11-16,21H2,1-3H3. The van der Waals surface area contributed by atoms with Crippen molar-refractivity contribution in [3.05, 3.63) is 71.2 Å². The van der Waals surface area contributed by atoms with Gasteiger partial charge in [0.15, 0.2) is 0 Å². The van der Waals surface area contributed by atoms with Gasteiger partial charge in [-0.25, -0.2) is 4.68 Å². The Morgan fingerprint density at radius 1 is 0.927 bits per heavy atom. The lowest BCUT2D eigenvalue weighted by Gasteiger charge is -2.22. The summed E-state index contributed by atoms with van der Waals surface area (Å²) in [4.78, 5) is 3.37. The molecule has 9 heteroatoms. The Hall–Kier alpha value is -3.82. The fourth-order valence-electron chi connectivity index (χ4n) is 5.94. The van der Waals surface area contributed by atoms with Gasteiger partial charge in [0.2, 0.25) is 0 Å². The minimum Gasteiger partial charge on any atom is -0.376 e. The number of hydrogen-bond acceptors (Lipinski definition) is 6. The lowest BCUT2D eigenvalue weighted by atomic mass is 9.91. The summed E-state index contributed by atoms with van der Waals surface area (Å²) in [6.45, 7) is 10.1. The number of aromatic amines is 1. The summed E-state index contributed by atoms with van der Waals surface area (Å²) in [7, 11) is 0. The molecule has 5 aromatic rings. The fraction of sp³-hybridized carbons (Fsp3) is 0.438. The maximum absolute atomic E-state index is 5.83. The molecule has 6 rings (SSSR count). The average molecular weight is 554 g/mol. The van der Waals surface area contributed by atoms with Crippen LogP contribution in [0.3, 0.4) is 0 Å². The molecule has 1 unspecified atom stereocenters. The molecular formula is C32H39N7O2. The molecular weight excluding hydrogens is 514 g/mol. The van der Waals surface area contributed by atoms with E-state index in [1.807, 2.05) is 9.36 Å². The molecule has 1 atom stereocenters. The van der Waals surface area contributed by atoms with Crippen molar-refractivity contribution in [3.63, 3.8) is 0 Å². The van der Waals surface area contributed by atoms with Gasteiger partial charge in [-0.05, 0) is 67.0 Å². The van der Waals surface area contributed by atoms with Gasteiger partial charge in [0.1, 0.15) is 11.4 Å². The third-order valence-corrected chi connectivity index (χ3v) is 8.14. The number of nitrogens with zero attached hydrogens (tertiary/aromatic N) is 6. The van der Waals surface area contributed by atoms with Gasteiger partial charge >= 0.3 is 0 Å². The number of aromatic nitrogens is 7. The van der Waals surface area contributed by atoms with E-state index in [-0.39, 0.29) is 6.10 Å². The van der Waals surface area contributed by atoms with E-state index in [4.69, 9.17) is 9.47 Å². The van der Waals surface area contributed by atoms with Crippen LogP contribution < -0.4 is 0 Å². The second-order valence-electron chi connectivity index (χ2n) is 10.7. The third kappa shape index (κ3) is 5.69. The maximum atomic E-state index is 5.83. The average Bonchev–Trinajstić information content (AvgIpc) is 3.77. The van der Waals surface area contributed by atoms with Crippen molar-refractivity contribution >= 4 is 10.9 Å². The normalized spacial score (nSPS) is 15.6. The summed E-state index contributed by atoms with van der Waals surface area (Å²) < 4.78 is 15.4. The van der Waals surface area contributed by atoms with Gasteiger partial charge in [0, 0.05) is 41.3 Å². The zero-order chi connectivity index (χ0) is 28.2. The molecule has 3 aromatic heterocycles. The van der Waals surface area contributed by atoms with Crippen LogP contribution in [0.4, 0.5) is 0 Å². The van der Waals surface area contributed by atoms with E-state index < -0.39 is 0 Å². The second-order valence-corrected chi connectivity index (χ2v) is 10.7. The molecule has 1 saturated heterocycles. The van der Waals surface area contributed by atoms with Gasteiger partial charge < -0.3 is 14.5 Å². The lowest BCUT2D eigenvalue weighted by Crippen LogP contribution is -2.29. The highest BCUT2D eigenvalue weighted by molar-refractivity contribution is 5.83. The van der Waals surface area contributed by atoms with Gasteiger partial charge in [-0.2, -0.15) is 0 Å². The van der Waals surface area contributed by atoms with Crippen molar-refractivity contribution in [2.45, 2.75) is 72.1 Å². The van der Waals surface area contributed by atoms with E-state index in [0.29, 0.717) is 19.8 Å². The van der Waals surface area contributed by atoms with Crippen molar-refractivity contribution in [2.75, 3.05) is 19.8 Å². The molecule has 0 amide bonds. The Kier molecular flexibility index (Phi) is 8.25. The van der Waals surface area contributed by atoms with Crippen molar-refractivity contribution in [1.82, 2.24) is 35.0 Å². The monoisotopic (exact) mass is 553 g/mol. The van der Waals surface area contributed by atoms with Gasteiger partial charge in [0.05, 0.1) is 37.8 Å². The Morgan fingerprint density at radius 3 is 2.51 bits per heavy atom. The first-order valence-electron chi connectivity index (χ1n) is 14.9. The molecule has 41 heavy (non-hydrogen) atoms. The predicted molar refractivity (Wildman–Crippen MR) is 160 cm³/mol. The Morgan fingerprint density at radius 2 is 1.76 bits per heavy atom. The SMILES string of the molecule is CCc1cc(-c2nnn(CCC3COCCO3)c2CC)cc(CC)c1-c1cn(CCc2c[nH]c3ccccc23)nn1. The summed E-state index contributed by atoms with van der Waals surface area (Å²) in [6, 6.07) is 13.0. The summed E-state index contributed by atoms with van der Waals surface area (Å²) >= 11 is 0. The zero-order valence-corrected chi connectivity index (χ0v) is 24.3. The quantitative estimate of drug-likeness (QED) is 0.235. The molecule has 0 saturated carbocycles. The lowest BCUT2D eigenvalue weighted by molar-refractivity contribution is -0.0920. The highest BCUT2D eigenvalue weighted by atomic mass is 16.6. The van der Waals surface area contributed by atoms with Gasteiger partial charge in [0.25, 0.3) is 0 Å². The maximum Gasteiger partial charge on any atom is 0.116 e. The van der Waals surface area contributed by atoms with Crippen LogP contribution in [0, 0.1) is 0 Å². The van der Waals surface area contributed by atoms with Gasteiger partial charge in [-0.15, -0.1) is 10.2 Å². The summed E-state index contributed by atoms with van der Waals surface area (Å²) in [5, 5.41) is 19.6. The molecule has 1 N–H and O–H groups in total. The first-order chi connectivity index (χ1) is 20.2. The van der Waals surface area contributed by atoms with Crippen LogP contribution in [0.5, 0.6) is 0 Å². The minimum absolute atomic E-state index is 0.120. The molecule has 0 bridgehead atoms. The Bertz CT molecular complexity index is 1580. The number of benzene rings is 2. The summed E-state index contributed by atoms with van der Waals surface area (Å²) in [5.74, 6) is 0. The summed E-state index contributed by atoms with van der Waals surface area (Å²) in [6.07, 6.45) is 8.72. The van der Waals surface area contributed by atoms with Crippen molar-refractivity contribution in [1.29, 1.82) is 0 Å². The number of hydrogen-bond donors (Lipinski definition) is 1. The summed E-state index contributed by atoms with van der Waals surface area (Å²) in [5.41, 5.74) is 10.3. The molecule has 2 aromatic carbocycles. The minimum atomic E-state index is 0.120. The van der Waals surface area contributed by atoms with Crippen LogP contribution in [0.25, 0.3) is 33.4 Å². The number of fused-ring (bicyclic) bond motifs is 1. The molecule has 0 aliphatic carbocycles. The van der Waals surface area contributed by atoms with Crippen molar-refractivity contribution in [2.24, 2.45) is 0 Å². The largest absolute Gasteiger partial charge is 0.376 e. The number of aryl methyl sites for hydroxylation is 5. The Labute approximate surface area is 240 Å². The molecule has 1 aliphatic rings. The highest BCUT2D eigenvalue weighted by Crippen LogP contribution is 2.33. The first kappa shape index (κ1) is 27.4. The van der Waals surface area contributed by atoms with E-state index in [1.165, 1.54) is 33.2 Å². The zero-order valence-electron chi connectivity index (χ0n) is 24.3. The van der Waals surface area contributed by atoms with Gasteiger partial charge in [-0.3, -0.25) is 4.68 Å². The second kappa shape index (κ2) is 12.4. The molecule has 1 aliphatic heterocycles. The van der Waals surface area contributed by atoms with E-state index in [0.717, 1.165) is 67.8 Å². The number of rotatable bonds is 11. The van der Waals surface area contributed by atoms with E-state index >= 15 is 0 Å². The van der Waals surface area contributed by atoms with E-state index in [2.05, 4.69) is 95.2 Å². The van der Waals surface area contributed by atoms with Crippen LogP contribution in [0.15, 0.2) is 48.8 Å².